The normalized spacial score (nSPS) is 14.2. The van der Waals surface area contributed by atoms with Gasteiger partial charge in [-0.2, -0.15) is 13.2 Å². The minimum Gasteiger partial charge on any atom is -0.520 e. The van der Waals surface area contributed by atoms with E-state index < -0.39 is 30.4 Å². The van der Waals surface area contributed by atoms with Crippen molar-refractivity contribution >= 4 is 8.56 Å². The number of rotatable bonds is 2. The number of hydrogen-bond acceptors (Lipinski definition) is 2. The fourth-order valence-corrected chi connectivity index (χ4v) is 5.67. The summed E-state index contributed by atoms with van der Waals surface area (Å²) in [6, 6.07) is 4.67. The molecule has 0 bridgehead atoms. The van der Waals surface area contributed by atoms with Crippen molar-refractivity contribution in [3.05, 3.63) is 29.8 Å². The molecule has 21 heavy (non-hydrogen) atoms. The van der Waals surface area contributed by atoms with E-state index in [9.17, 15) is 18.0 Å². The van der Waals surface area contributed by atoms with Crippen LogP contribution in [0.15, 0.2) is 24.3 Å². The molecule has 0 saturated heterocycles. The van der Waals surface area contributed by atoms with Gasteiger partial charge >= 0.3 is 14.7 Å². The Kier molecular flexibility index (Phi) is 4.57. The van der Waals surface area contributed by atoms with Crippen LogP contribution >= 0.6 is 0 Å². The molecular weight excluding hydrogens is 297 g/mol. The summed E-state index contributed by atoms with van der Waals surface area (Å²) in [5.41, 5.74) is -0.779. The second-order valence-corrected chi connectivity index (χ2v) is 11.8. The lowest BCUT2D eigenvalue weighted by Crippen LogP contribution is -2.57. The highest BCUT2D eigenvalue weighted by Crippen LogP contribution is 2.50. The molecule has 0 atom stereocenters. The zero-order valence-corrected chi connectivity index (χ0v) is 14.3. The summed E-state index contributed by atoms with van der Waals surface area (Å²) < 4.78 is 44.0. The van der Waals surface area contributed by atoms with Gasteiger partial charge in [0.2, 0.25) is 0 Å². The Hall–Kier alpha value is -1.01. The molecule has 0 aliphatic heterocycles. The number of hydrogen-bond donors (Lipinski definition) is 1. The van der Waals surface area contributed by atoms with Gasteiger partial charge < -0.3 is 9.22 Å². The van der Waals surface area contributed by atoms with Crippen LogP contribution < -0.4 is 4.43 Å². The fraction of sp³-hybridized carbons (Fsp3) is 0.600. The molecule has 1 N–H and O–H groups in total. The fourth-order valence-electron chi connectivity index (χ4n) is 2.34. The molecule has 0 unspecified atom stereocenters. The van der Waals surface area contributed by atoms with Crippen molar-refractivity contribution in [2.45, 2.75) is 57.8 Å². The van der Waals surface area contributed by atoms with Crippen molar-refractivity contribution in [1.29, 1.82) is 0 Å². The van der Waals surface area contributed by atoms with Crippen LogP contribution in [-0.4, -0.2) is 13.4 Å². The first-order valence-corrected chi connectivity index (χ1v) is 8.63. The Balaban J connectivity index is 3.24. The zero-order valence-electron chi connectivity index (χ0n) is 13.3. The summed E-state index contributed by atoms with van der Waals surface area (Å²) in [5.74, 6) is 0.0591. The maximum Gasteiger partial charge on any atom is 0.416 e. The van der Waals surface area contributed by atoms with Crippen LogP contribution in [0.4, 0.5) is 13.2 Å². The summed E-state index contributed by atoms with van der Waals surface area (Å²) in [6.45, 7) is 11.1. The summed E-state index contributed by atoms with van der Waals surface area (Å²) in [7, 11) is -3.34. The van der Waals surface area contributed by atoms with Crippen LogP contribution in [0.2, 0.25) is 10.1 Å². The molecule has 0 fully saturated rings. The van der Waals surface area contributed by atoms with Gasteiger partial charge in [-0.25, -0.2) is 0 Å². The van der Waals surface area contributed by atoms with Gasteiger partial charge in [-0.1, -0.05) is 47.6 Å². The quantitative estimate of drug-likeness (QED) is 0.766. The van der Waals surface area contributed by atoms with Crippen LogP contribution in [-0.2, 0) is 6.18 Å². The Morgan fingerprint density at radius 3 is 1.81 bits per heavy atom. The average Bonchev–Trinajstić information content (AvgIpc) is 2.25. The van der Waals surface area contributed by atoms with Crippen LogP contribution in [0.25, 0.3) is 0 Å². The molecule has 1 rings (SSSR count). The Bertz CT molecular complexity index is 485. The zero-order chi connectivity index (χ0) is 16.7. The van der Waals surface area contributed by atoms with Gasteiger partial charge in [-0.05, 0) is 18.2 Å². The van der Waals surface area contributed by atoms with Gasteiger partial charge in [0.1, 0.15) is 5.75 Å². The molecule has 2 nitrogen and oxygen atoms in total. The largest absolute Gasteiger partial charge is 0.520 e. The van der Waals surface area contributed by atoms with E-state index >= 15 is 0 Å². The summed E-state index contributed by atoms with van der Waals surface area (Å²) >= 11 is 0. The molecule has 0 aromatic heterocycles. The van der Waals surface area contributed by atoms with Crippen molar-refractivity contribution < 1.29 is 22.4 Å². The summed E-state index contributed by atoms with van der Waals surface area (Å²) in [6.07, 6.45) is -4.43. The number of halogens is 3. The first-order chi connectivity index (χ1) is 9.18. The first kappa shape index (κ1) is 18.0. The third-order valence-electron chi connectivity index (χ3n) is 3.46. The molecular formula is C15H23F3O2Si. The molecule has 0 aliphatic carbocycles. The average molecular weight is 320 g/mol. The molecule has 1 aromatic rings. The minimum atomic E-state index is -4.43. The van der Waals surface area contributed by atoms with E-state index in [0.29, 0.717) is 0 Å². The molecule has 0 aliphatic rings. The smallest absolute Gasteiger partial charge is 0.416 e. The summed E-state index contributed by atoms with van der Waals surface area (Å²) in [4.78, 5) is 11.1. The van der Waals surface area contributed by atoms with Gasteiger partial charge in [0.15, 0.2) is 0 Å². The monoisotopic (exact) mass is 320 g/mol. The van der Waals surface area contributed by atoms with Crippen molar-refractivity contribution in [3.8, 4) is 5.75 Å². The van der Waals surface area contributed by atoms with E-state index in [0.717, 1.165) is 12.1 Å². The first-order valence-electron chi connectivity index (χ1n) is 6.77. The van der Waals surface area contributed by atoms with E-state index in [1.165, 1.54) is 12.1 Å². The van der Waals surface area contributed by atoms with Crippen LogP contribution in [0, 0.1) is 0 Å². The molecule has 0 heterocycles. The molecule has 6 heteroatoms. The molecule has 1 aromatic carbocycles. The predicted molar refractivity (Wildman–Crippen MR) is 79.5 cm³/mol. The lowest BCUT2D eigenvalue weighted by atomic mass is 10.2. The molecule has 0 saturated carbocycles. The minimum absolute atomic E-state index is 0.0591. The second kappa shape index (κ2) is 5.32. The standard InChI is InChI=1S/C15H23F3O2Si/c1-13(2,3)21(19,14(4,5)6)20-12-9-7-8-11(10-12)15(16,17)18/h7-10,19H,1-6H3. The van der Waals surface area contributed by atoms with Crippen LogP contribution in [0.3, 0.4) is 0 Å². The van der Waals surface area contributed by atoms with E-state index in [4.69, 9.17) is 4.43 Å². The molecule has 0 spiro atoms. The maximum absolute atomic E-state index is 12.8. The van der Waals surface area contributed by atoms with Crippen molar-refractivity contribution in [3.63, 3.8) is 0 Å². The Labute approximate surface area is 125 Å². The predicted octanol–water partition coefficient (Wildman–Crippen LogP) is 5.12. The van der Waals surface area contributed by atoms with Crippen molar-refractivity contribution in [1.82, 2.24) is 0 Å². The molecule has 0 amide bonds. The number of benzene rings is 1. The van der Waals surface area contributed by atoms with E-state index in [1.54, 1.807) is 0 Å². The van der Waals surface area contributed by atoms with Gasteiger partial charge in [-0.15, -0.1) is 0 Å². The third-order valence-corrected chi connectivity index (χ3v) is 8.06. The highest BCUT2D eigenvalue weighted by Gasteiger charge is 2.57. The second-order valence-electron chi connectivity index (χ2n) is 7.27. The topological polar surface area (TPSA) is 29.5 Å². The molecule has 0 radical (unpaired) electrons. The van der Waals surface area contributed by atoms with Crippen LogP contribution in [0.5, 0.6) is 5.75 Å². The van der Waals surface area contributed by atoms with Gasteiger partial charge in [0, 0.05) is 10.1 Å². The number of alkyl halides is 3. The van der Waals surface area contributed by atoms with Crippen molar-refractivity contribution in [2.75, 3.05) is 0 Å². The summed E-state index contributed by atoms with van der Waals surface area (Å²) in [5, 5.41) is -1.08. The van der Waals surface area contributed by atoms with Gasteiger partial charge in [0.05, 0.1) is 5.56 Å². The lowest BCUT2D eigenvalue weighted by molar-refractivity contribution is -0.137. The van der Waals surface area contributed by atoms with Gasteiger partial charge in [0.25, 0.3) is 0 Å². The molecule has 120 valence electrons. The lowest BCUT2D eigenvalue weighted by Gasteiger charge is -2.45. The van der Waals surface area contributed by atoms with E-state index in [1.807, 2.05) is 41.5 Å². The highest BCUT2D eigenvalue weighted by molar-refractivity contribution is 6.72. The third kappa shape index (κ3) is 3.80. The van der Waals surface area contributed by atoms with Crippen LogP contribution in [0.1, 0.15) is 47.1 Å². The van der Waals surface area contributed by atoms with Gasteiger partial charge in [-0.3, -0.25) is 0 Å². The SMILES string of the molecule is CC(C)(C)[Si](O)(Oc1cccc(C(F)(F)F)c1)C(C)(C)C. The van der Waals surface area contributed by atoms with E-state index in [-0.39, 0.29) is 5.75 Å². The Morgan fingerprint density at radius 2 is 1.43 bits per heavy atom. The van der Waals surface area contributed by atoms with E-state index in [2.05, 4.69) is 0 Å². The highest BCUT2D eigenvalue weighted by atomic mass is 28.4. The van der Waals surface area contributed by atoms with Crippen molar-refractivity contribution in [2.24, 2.45) is 0 Å². The maximum atomic E-state index is 12.8. The Morgan fingerprint density at radius 1 is 0.952 bits per heavy atom.